The van der Waals surface area contributed by atoms with Crippen LogP contribution in [0, 0.1) is 0 Å². The molecule has 0 aliphatic carbocycles. The average molecular weight is 340 g/mol. The van der Waals surface area contributed by atoms with Gasteiger partial charge in [-0.05, 0) is 24.1 Å². The molecule has 0 spiro atoms. The molecular formula is C18H20N4O3. The maximum absolute atomic E-state index is 12.6. The van der Waals surface area contributed by atoms with Crippen LogP contribution in [-0.4, -0.2) is 33.6 Å². The van der Waals surface area contributed by atoms with E-state index in [2.05, 4.69) is 29.4 Å². The van der Waals surface area contributed by atoms with E-state index in [9.17, 15) is 9.59 Å². The summed E-state index contributed by atoms with van der Waals surface area (Å²) in [5, 5.41) is 10.4. The van der Waals surface area contributed by atoms with E-state index in [1.165, 1.54) is 0 Å². The summed E-state index contributed by atoms with van der Waals surface area (Å²) in [6, 6.07) is 5.08. The number of ether oxygens (including phenoxy) is 1. The molecule has 2 aliphatic heterocycles. The fraction of sp³-hybridized carbons (Fsp3) is 0.389. The number of hydrogen-bond acceptors (Lipinski definition) is 4. The van der Waals surface area contributed by atoms with Gasteiger partial charge < -0.3 is 15.0 Å². The van der Waals surface area contributed by atoms with Crippen molar-refractivity contribution in [1.82, 2.24) is 15.1 Å². The van der Waals surface area contributed by atoms with Crippen molar-refractivity contribution in [2.75, 3.05) is 11.9 Å². The summed E-state index contributed by atoms with van der Waals surface area (Å²) in [6.07, 6.45) is 0.773. The molecule has 0 unspecified atom stereocenters. The molecule has 3 heterocycles. The normalized spacial score (nSPS) is 15.8. The number of nitrogens with one attached hydrogen (secondary N) is 2. The molecule has 130 valence electrons. The van der Waals surface area contributed by atoms with Crippen LogP contribution in [0.3, 0.4) is 0 Å². The zero-order valence-electron chi connectivity index (χ0n) is 14.3. The van der Waals surface area contributed by atoms with Crippen molar-refractivity contribution in [3.05, 3.63) is 46.3 Å². The van der Waals surface area contributed by atoms with Crippen molar-refractivity contribution in [3.8, 4) is 0 Å². The number of esters is 1. The van der Waals surface area contributed by atoms with Crippen molar-refractivity contribution in [2.24, 2.45) is 0 Å². The Hall–Kier alpha value is -2.83. The molecule has 0 saturated carbocycles. The molecule has 7 heteroatoms. The van der Waals surface area contributed by atoms with Gasteiger partial charge in [-0.1, -0.05) is 13.8 Å². The van der Waals surface area contributed by atoms with E-state index < -0.39 is 0 Å². The first kappa shape index (κ1) is 15.7. The number of hydrogen-bond donors (Lipinski definition) is 2. The summed E-state index contributed by atoms with van der Waals surface area (Å²) in [5.41, 5.74) is 5.33. The minimum absolute atomic E-state index is 0.147. The van der Waals surface area contributed by atoms with Crippen LogP contribution in [0.25, 0.3) is 0 Å². The minimum Gasteiger partial charge on any atom is -0.457 e. The lowest BCUT2D eigenvalue weighted by molar-refractivity contribution is 0.0535. The third kappa shape index (κ3) is 2.75. The van der Waals surface area contributed by atoms with Crippen molar-refractivity contribution >= 4 is 17.7 Å². The molecule has 0 bridgehead atoms. The molecular weight excluding hydrogens is 320 g/mol. The summed E-state index contributed by atoms with van der Waals surface area (Å²) >= 11 is 0. The van der Waals surface area contributed by atoms with Gasteiger partial charge in [0.25, 0.3) is 0 Å². The van der Waals surface area contributed by atoms with E-state index in [0.29, 0.717) is 30.3 Å². The Morgan fingerprint density at radius 2 is 2.24 bits per heavy atom. The molecule has 0 radical (unpaired) electrons. The lowest BCUT2D eigenvalue weighted by atomic mass is 10.00. The second kappa shape index (κ2) is 5.91. The number of aromatic nitrogens is 2. The predicted octanol–water partition coefficient (Wildman–Crippen LogP) is 2.79. The van der Waals surface area contributed by atoms with Gasteiger partial charge in [-0.15, -0.1) is 0 Å². The number of nitrogens with zero attached hydrogens (tertiary/aromatic N) is 2. The quantitative estimate of drug-likeness (QED) is 0.823. The summed E-state index contributed by atoms with van der Waals surface area (Å²) < 4.78 is 4.99. The number of anilines is 1. The Balaban J connectivity index is 1.49. The van der Waals surface area contributed by atoms with Crippen LogP contribution in [0.1, 0.15) is 52.6 Å². The molecule has 2 amide bonds. The molecule has 25 heavy (non-hydrogen) atoms. The van der Waals surface area contributed by atoms with E-state index >= 15 is 0 Å². The number of amides is 2. The molecule has 1 aromatic carbocycles. The van der Waals surface area contributed by atoms with Gasteiger partial charge in [-0.3, -0.25) is 5.10 Å². The van der Waals surface area contributed by atoms with Crippen LogP contribution in [0.4, 0.5) is 10.5 Å². The van der Waals surface area contributed by atoms with Crippen molar-refractivity contribution in [3.63, 3.8) is 0 Å². The standard InChI is InChI=1S/C18H20N4O3/c1-10(2)16-14-8-22(6-5-15(14)20-21-16)18(24)19-12-3-4-13-11(7-12)9-25-17(13)23/h3-4,7,10H,5-6,8-9H2,1-2H3,(H,19,24)(H,20,21). The SMILES string of the molecule is CC(C)c1n[nH]c2c1CN(C(=O)Nc1ccc3c(c1)COC3=O)CC2. The number of H-pyrrole nitrogens is 1. The highest BCUT2D eigenvalue weighted by molar-refractivity contribution is 5.95. The zero-order chi connectivity index (χ0) is 17.6. The minimum atomic E-state index is -0.308. The van der Waals surface area contributed by atoms with Crippen molar-refractivity contribution in [2.45, 2.75) is 39.3 Å². The smallest absolute Gasteiger partial charge is 0.338 e. The Morgan fingerprint density at radius 3 is 3.04 bits per heavy atom. The van der Waals surface area contributed by atoms with Crippen molar-refractivity contribution < 1.29 is 14.3 Å². The van der Waals surface area contributed by atoms with Gasteiger partial charge in [0.05, 0.1) is 17.8 Å². The molecule has 0 fully saturated rings. The number of carbonyl (C=O) groups excluding carboxylic acids is 2. The van der Waals surface area contributed by atoms with Gasteiger partial charge in [0, 0.05) is 35.5 Å². The maximum atomic E-state index is 12.6. The van der Waals surface area contributed by atoms with Gasteiger partial charge in [0.15, 0.2) is 0 Å². The van der Waals surface area contributed by atoms with Gasteiger partial charge in [-0.2, -0.15) is 5.10 Å². The molecule has 2 N–H and O–H groups in total. The van der Waals surface area contributed by atoms with Crippen LogP contribution < -0.4 is 5.32 Å². The Morgan fingerprint density at radius 1 is 1.40 bits per heavy atom. The third-order valence-corrected chi connectivity index (χ3v) is 4.73. The number of fused-ring (bicyclic) bond motifs is 2. The van der Waals surface area contributed by atoms with Gasteiger partial charge in [-0.25, -0.2) is 9.59 Å². The number of aromatic amines is 1. The van der Waals surface area contributed by atoms with Crippen LogP contribution in [0.2, 0.25) is 0 Å². The summed E-state index contributed by atoms with van der Waals surface area (Å²) in [7, 11) is 0. The first-order valence-corrected chi connectivity index (χ1v) is 8.45. The van der Waals surface area contributed by atoms with Crippen LogP contribution in [0.5, 0.6) is 0 Å². The molecule has 0 atom stereocenters. The summed E-state index contributed by atoms with van der Waals surface area (Å²) in [6.45, 7) is 5.66. The van der Waals surface area contributed by atoms with Gasteiger partial charge in [0.1, 0.15) is 6.61 Å². The highest BCUT2D eigenvalue weighted by atomic mass is 16.5. The largest absolute Gasteiger partial charge is 0.457 e. The monoisotopic (exact) mass is 340 g/mol. The lowest BCUT2D eigenvalue weighted by Crippen LogP contribution is -2.39. The zero-order valence-corrected chi connectivity index (χ0v) is 14.3. The first-order chi connectivity index (χ1) is 12.0. The predicted molar refractivity (Wildman–Crippen MR) is 91.4 cm³/mol. The van der Waals surface area contributed by atoms with E-state index in [-0.39, 0.29) is 18.6 Å². The molecule has 1 aromatic heterocycles. The van der Waals surface area contributed by atoms with Crippen LogP contribution in [0.15, 0.2) is 18.2 Å². The Kier molecular flexibility index (Phi) is 3.71. The highest BCUT2D eigenvalue weighted by Gasteiger charge is 2.27. The number of cyclic esters (lactones) is 1. The van der Waals surface area contributed by atoms with Gasteiger partial charge >= 0.3 is 12.0 Å². The van der Waals surface area contributed by atoms with E-state index in [1.54, 1.807) is 23.1 Å². The highest BCUT2D eigenvalue weighted by Crippen LogP contribution is 2.27. The number of rotatable bonds is 2. The maximum Gasteiger partial charge on any atom is 0.338 e. The van der Waals surface area contributed by atoms with E-state index in [1.807, 2.05) is 0 Å². The second-order valence-electron chi connectivity index (χ2n) is 6.77. The summed E-state index contributed by atoms with van der Waals surface area (Å²) in [4.78, 5) is 25.9. The Labute approximate surface area is 145 Å². The van der Waals surface area contributed by atoms with Crippen molar-refractivity contribution in [1.29, 1.82) is 0 Å². The molecule has 7 nitrogen and oxygen atoms in total. The summed E-state index contributed by atoms with van der Waals surface area (Å²) in [5.74, 6) is 0.00914. The number of urea groups is 1. The number of carbonyl (C=O) groups is 2. The molecule has 0 saturated heterocycles. The lowest BCUT2D eigenvalue weighted by Gasteiger charge is -2.27. The molecule has 2 aromatic rings. The first-order valence-electron chi connectivity index (χ1n) is 8.45. The van der Waals surface area contributed by atoms with Crippen LogP contribution in [-0.2, 0) is 24.3 Å². The molecule has 4 rings (SSSR count). The third-order valence-electron chi connectivity index (χ3n) is 4.73. The number of benzene rings is 1. The molecule has 2 aliphatic rings. The van der Waals surface area contributed by atoms with Crippen LogP contribution >= 0.6 is 0 Å². The van der Waals surface area contributed by atoms with Gasteiger partial charge in [0.2, 0.25) is 0 Å². The average Bonchev–Trinajstić information content (AvgIpc) is 3.18. The van der Waals surface area contributed by atoms with E-state index in [4.69, 9.17) is 4.74 Å². The second-order valence-corrected chi connectivity index (χ2v) is 6.77. The van der Waals surface area contributed by atoms with E-state index in [0.717, 1.165) is 28.9 Å². The fourth-order valence-corrected chi connectivity index (χ4v) is 3.38. The Bertz CT molecular complexity index is 856. The topological polar surface area (TPSA) is 87.3 Å². The fourth-order valence-electron chi connectivity index (χ4n) is 3.38.